The van der Waals surface area contributed by atoms with E-state index in [4.69, 9.17) is 0 Å². The molecule has 3 rings (SSSR count). The van der Waals surface area contributed by atoms with Crippen LogP contribution in [-0.2, 0) is 6.54 Å². The fraction of sp³-hybridized carbons (Fsp3) is 0.562. The van der Waals surface area contributed by atoms with Crippen LogP contribution in [0.4, 0.5) is 0 Å². The van der Waals surface area contributed by atoms with Crippen LogP contribution in [0, 0.1) is 5.92 Å². The van der Waals surface area contributed by atoms with Gasteiger partial charge in [0.05, 0.1) is 12.2 Å². The largest absolute Gasteiger partial charge is 0.320 e. The monoisotopic (exact) mass is 300 g/mol. The van der Waals surface area contributed by atoms with Crippen molar-refractivity contribution in [2.75, 3.05) is 26.7 Å². The van der Waals surface area contributed by atoms with Crippen LogP contribution >= 0.6 is 0 Å². The van der Waals surface area contributed by atoms with Crippen molar-refractivity contribution in [3.05, 3.63) is 36.2 Å². The number of tetrazole rings is 1. The van der Waals surface area contributed by atoms with Gasteiger partial charge in [-0.25, -0.2) is 0 Å². The van der Waals surface area contributed by atoms with Gasteiger partial charge in [0.1, 0.15) is 0 Å². The molecule has 118 valence electrons. The lowest BCUT2D eigenvalue weighted by Gasteiger charge is -2.31. The summed E-state index contributed by atoms with van der Waals surface area (Å²) in [5, 5.41) is 15.4. The molecule has 1 N–H and O–H groups in total. The average Bonchev–Trinajstić information content (AvgIpc) is 3.03. The molecule has 0 amide bonds. The van der Waals surface area contributed by atoms with Gasteiger partial charge in [-0.1, -0.05) is 18.2 Å². The van der Waals surface area contributed by atoms with Gasteiger partial charge in [-0.2, -0.15) is 4.68 Å². The molecule has 1 fully saturated rings. The Balaban J connectivity index is 1.58. The topological polar surface area (TPSA) is 58.9 Å². The van der Waals surface area contributed by atoms with Gasteiger partial charge in [-0.3, -0.25) is 4.90 Å². The van der Waals surface area contributed by atoms with Crippen LogP contribution in [0.3, 0.4) is 0 Å². The minimum Gasteiger partial charge on any atom is -0.320 e. The Morgan fingerprint density at radius 1 is 1.18 bits per heavy atom. The normalized spacial score (nSPS) is 17.0. The smallest absolute Gasteiger partial charge is 0.170 e. The summed E-state index contributed by atoms with van der Waals surface area (Å²) >= 11 is 0. The van der Waals surface area contributed by atoms with Gasteiger partial charge in [0.2, 0.25) is 0 Å². The zero-order chi connectivity index (χ0) is 15.2. The molecule has 0 saturated carbocycles. The minimum absolute atomic E-state index is 0.820. The van der Waals surface area contributed by atoms with Crippen LogP contribution in [0.15, 0.2) is 30.3 Å². The minimum atomic E-state index is 0.820. The molecule has 0 spiro atoms. The van der Waals surface area contributed by atoms with E-state index in [1.165, 1.54) is 19.3 Å². The standard InChI is InChI=1S/C16H24N6/c1-17-10-7-14-8-11-21(12-9-14)13-16-18-19-20-22(16)15-5-3-2-4-6-15/h2-6,14,17H,7-13H2,1H3. The number of para-hydroxylation sites is 1. The van der Waals surface area contributed by atoms with E-state index in [2.05, 4.69) is 25.7 Å². The van der Waals surface area contributed by atoms with E-state index in [0.29, 0.717) is 0 Å². The lowest BCUT2D eigenvalue weighted by Crippen LogP contribution is -2.34. The summed E-state index contributed by atoms with van der Waals surface area (Å²) < 4.78 is 1.84. The summed E-state index contributed by atoms with van der Waals surface area (Å²) in [4.78, 5) is 2.46. The SMILES string of the molecule is CNCCC1CCN(Cc2nnnn2-c2ccccc2)CC1. The highest BCUT2D eigenvalue weighted by Gasteiger charge is 2.20. The second-order valence-corrected chi connectivity index (χ2v) is 5.95. The van der Waals surface area contributed by atoms with Crippen molar-refractivity contribution in [1.82, 2.24) is 30.4 Å². The Morgan fingerprint density at radius 3 is 2.68 bits per heavy atom. The Bertz CT molecular complexity index is 559. The third-order valence-corrected chi connectivity index (χ3v) is 4.41. The molecule has 2 heterocycles. The van der Waals surface area contributed by atoms with E-state index in [0.717, 1.165) is 43.6 Å². The van der Waals surface area contributed by atoms with Crippen molar-refractivity contribution in [3.8, 4) is 5.69 Å². The third-order valence-electron chi connectivity index (χ3n) is 4.41. The van der Waals surface area contributed by atoms with Gasteiger partial charge in [0.15, 0.2) is 5.82 Å². The molecule has 0 atom stereocenters. The summed E-state index contributed by atoms with van der Waals surface area (Å²) in [6.45, 7) is 4.21. The maximum Gasteiger partial charge on any atom is 0.170 e. The second-order valence-electron chi connectivity index (χ2n) is 5.95. The first-order chi connectivity index (χ1) is 10.9. The lowest BCUT2D eigenvalue weighted by atomic mass is 9.93. The number of piperidine rings is 1. The van der Waals surface area contributed by atoms with E-state index in [1.54, 1.807) is 0 Å². The van der Waals surface area contributed by atoms with E-state index in [-0.39, 0.29) is 0 Å². The van der Waals surface area contributed by atoms with Crippen LogP contribution in [0.5, 0.6) is 0 Å². The van der Waals surface area contributed by atoms with E-state index in [9.17, 15) is 0 Å². The predicted molar refractivity (Wildman–Crippen MR) is 85.7 cm³/mol. The zero-order valence-corrected chi connectivity index (χ0v) is 13.1. The molecule has 0 unspecified atom stereocenters. The predicted octanol–water partition coefficient (Wildman–Crippen LogP) is 1.48. The molecular formula is C16H24N6. The molecule has 1 aromatic heterocycles. The number of nitrogens with one attached hydrogen (secondary N) is 1. The third kappa shape index (κ3) is 3.69. The Labute approximate surface area is 131 Å². The number of benzene rings is 1. The molecule has 6 heteroatoms. The lowest BCUT2D eigenvalue weighted by molar-refractivity contribution is 0.168. The van der Waals surface area contributed by atoms with Crippen molar-refractivity contribution in [2.45, 2.75) is 25.8 Å². The summed E-state index contributed by atoms with van der Waals surface area (Å²) in [5.41, 5.74) is 1.02. The molecule has 0 bridgehead atoms. The summed E-state index contributed by atoms with van der Waals surface area (Å²) in [6, 6.07) is 10.1. The Morgan fingerprint density at radius 2 is 1.95 bits per heavy atom. The van der Waals surface area contributed by atoms with Crippen molar-refractivity contribution in [1.29, 1.82) is 0 Å². The summed E-state index contributed by atoms with van der Waals surface area (Å²) in [5.74, 6) is 1.77. The highest BCUT2D eigenvalue weighted by Crippen LogP contribution is 2.21. The van der Waals surface area contributed by atoms with Gasteiger partial charge >= 0.3 is 0 Å². The summed E-state index contributed by atoms with van der Waals surface area (Å²) in [7, 11) is 2.03. The average molecular weight is 300 g/mol. The van der Waals surface area contributed by atoms with Gasteiger partial charge in [-0.05, 0) is 74.4 Å². The Hall–Kier alpha value is -1.79. The number of hydrogen-bond donors (Lipinski definition) is 1. The highest BCUT2D eigenvalue weighted by molar-refractivity contribution is 5.30. The number of rotatable bonds is 6. The van der Waals surface area contributed by atoms with Crippen molar-refractivity contribution >= 4 is 0 Å². The fourth-order valence-corrected chi connectivity index (χ4v) is 3.06. The molecule has 0 radical (unpaired) electrons. The molecule has 6 nitrogen and oxygen atoms in total. The van der Waals surface area contributed by atoms with Crippen molar-refractivity contribution in [3.63, 3.8) is 0 Å². The quantitative estimate of drug-likeness (QED) is 0.876. The number of likely N-dealkylation sites (tertiary alicyclic amines) is 1. The maximum atomic E-state index is 4.21. The van der Waals surface area contributed by atoms with Crippen LogP contribution in [0.1, 0.15) is 25.1 Å². The maximum absolute atomic E-state index is 4.21. The van der Waals surface area contributed by atoms with E-state index in [1.807, 2.05) is 42.1 Å². The van der Waals surface area contributed by atoms with Crippen LogP contribution in [0.2, 0.25) is 0 Å². The first-order valence-corrected chi connectivity index (χ1v) is 8.06. The first kappa shape index (κ1) is 15.1. The van der Waals surface area contributed by atoms with Crippen LogP contribution in [-0.4, -0.2) is 51.8 Å². The fourth-order valence-electron chi connectivity index (χ4n) is 3.06. The van der Waals surface area contributed by atoms with Crippen LogP contribution in [0.25, 0.3) is 5.69 Å². The second kappa shape index (κ2) is 7.47. The van der Waals surface area contributed by atoms with Crippen molar-refractivity contribution in [2.24, 2.45) is 5.92 Å². The van der Waals surface area contributed by atoms with Gasteiger partial charge in [0.25, 0.3) is 0 Å². The molecule has 22 heavy (non-hydrogen) atoms. The Kier molecular flexibility index (Phi) is 5.13. The van der Waals surface area contributed by atoms with Gasteiger partial charge in [0, 0.05) is 0 Å². The molecule has 0 aliphatic carbocycles. The molecule has 2 aromatic rings. The van der Waals surface area contributed by atoms with Crippen LogP contribution < -0.4 is 5.32 Å². The molecule has 1 aliphatic heterocycles. The molecule has 1 saturated heterocycles. The number of aromatic nitrogens is 4. The molecule has 1 aromatic carbocycles. The zero-order valence-electron chi connectivity index (χ0n) is 13.1. The molecular weight excluding hydrogens is 276 g/mol. The van der Waals surface area contributed by atoms with Gasteiger partial charge < -0.3 is 5.32 Å². The van der Waals surface area contributed by atoms with E-state index >= 15 is 0 Å². The molecule has 1 aliphatic rings. The van der Waals surface area contributed by atoms with Crippen molar-refractivity contribution < 1.29 is 0 Å². The number of hydrogen-bond acceptors (Lipinski definition) is 5. The summed E-state index contributed by atoms with van der Waals surface area (Å²) in [6.07, 6.45) is 3.83. The number of nitrogens with zero attached hydrogens (tertiary/aromatic N) is 5. The van der Waals surface area contributed by atoms with Gasteiger partial charge in [-0.15, -0.1) is 5.10 Å². The highest BCUT2D eigenvalue weighted by atomic mass is 15.5. The first-order valence-electron chi connectivity index (χ1n) is 8.06. The van der Waals surface area contributed by atoms with E-state index < -0.39 is 0 Å².